The van der Waals surface area contributed by atoms with Crippen LogP contribution in [0, 0.1) is 5.82 Å². The zero-order chi connectivity index (χ0) is 21.2. The molecule has 7 heteroatoms. The van der Waals surface area contributed by atoms with Gasteiger partial charge in [-0.25, -0.2) is 9.18 Å². The Labute approximate surface area is 169 Å². The van der Waals surface area contributed by atoms with Crippen LogP contribution in [0.15, 0.2) is 42.5 Å². The molecule has 0 unspecified atom stereocenters. The van der Waals surface area contributed by atoms with Crippen LogP contribution in [0.3, 0.4) is 0 Å². The van der Waals surface area contributed by atoms with E-state index in [0.29, 0.717) is 17.7 Å². The van der Waals surface area contributed by atoms with Gasteiger partial charge in [-0.1, -0.05) is 19.8 Å². The summed E-state index contributed by atoms with van der Waals surface area (Å²) in [6.45, 7) is 1.55. The van der Waals surface area contributed by atoms with E-state index in [-0.39, 0.29) is 17.2 Å². The van der Waals surface area contributed by atoms with Crippen LogP contribution < -0.4 is 10.1 Å². The zero-order valence-corrected chi connectivity index (χ0v) is 16.5. The predicted molar refractivity (Wildman–Crippen MR) is 107 cm³/mol. The minimum Gasteiger partial charge on any atom is -0.497 e. The van der Waals surface area contributed by atoms with Crippen molar-refractivity contribution < 1.29 is 28.2 Å². The summed E-state index contributed by atoms with van der Waals surface area (Å²) in [5.74, 6) is -1.97. The second-order valence-electron chi connectivity index (χ2n) is 6.43. The molecule has 0 spiro atoms. The Balaban J connectivity index is 1.87. The molecule has 0 aliphatic rings. The summed E-state index contributed by atoms with van der Waals surface area (Å²) in [6, 6.07) is 10.0. The summed E-state index contributed by atoms with van der Waals surface area (Å²) in [6.07, 6.45) is 3.32. The lowest BCUT2D eigenvalue weighted by Gasteiger charge is -2.08. The van der Waals surface area contributed by atoms with Crippen LogP contribution in [-0.4, -0.2) is 31.4 Å². The number of hydrogen-bond donors (Lipinski definition) is 1. The molecule has 0 heterocycles. The molecule has 0 radical (unpaired) electrons. The quantitative estimate of drug-likeness (QED) is 0.363. The number of carbonyl (C=O) groups is 3. The number of hydrogen-bond acceptors (Lipinski definition) is 5. The van der Waals surface area contributed by atoms with Crippen molar-refractivity contribution in [3.8, 4) is 5.75 Å². The van der Waals surface area contributed by atoms with Crippen molar-refractivity contribution in [2.24, 2.45) is 0 Å². The van der Waals surface area contributed by atoms with Gasteiger partial charge in [0.2, 0.25) is 5.91 Å². The first-order valence-corrected chi connectivity index (χ1v) is 9.38. The summed E-state index contributed by atoms with van der Waals surface area (Å²) >= 11 is 0. The Morgan fingerprint density at radius 2 is 1.76 bits per heavy atom. The Bertz CT molecular complexity index is 864. The van der Waals surface area contributed by atoms with Crippen molar-refractivity contribution in [3.63, 3.8) is 0 Å². The summed E-state index contributed by atoms with van der Waals surface area (Å²) in [4.78, 5) is 36.0. The zero-order valence-electron chi connectivity index (χ0n) is 16.5. The number of carbonyl (C=O) groups excluding carboxylic acids is 3. The van der Waals surface area contributed by atoms with E-state index in [9.17, 15) is 18.8 Å². The number of nitrogens with one attached hydrogen (secondary N) is 1. The maximum absolute atomic E-state index is 13.9. The molecular formula is C22H24FNO5. The molecule has 2 aromatic rings. The third kappa shape index (κ3) is 6.71. The summed E-state index contributed by atoms with van der Waals surface area (Å²) in [7, 11) is 1.38. The van der Waals surface area contributed by atoms with E-state index < -0.39 is 24.2 Å². The Kier molecular flexibility index (Phi) is 8.33. The lowest BCUT2D eigenvalue weighted by atomic mass is 10.1. The number of unbranched alkanes of at least 4 members (excludes halogenated alkanes) is 2. The van der Waals surface area contributed by atoms with Crippen molar-refractivity contribution in [2.75, 3.05) is 19.0 Å². The first-order valence-electron chi connectivity index (χ1n) is 9.38. The average Bonchev–Trinajstić information content (AvgIpc) is 2.72. The molecule has 29 heavy (non-hydrogen) atoms. The molecule has 2 aromatic carbocycles. The first-order chi connectivity index (χ1) is 13.9. The standard InChI is InChI=1S/C22H24FNO5/c1-3-4-5-6-21(26)24-16-9-7-15(8-10-16)20(25)14-29-22(27)18-12-11-17(28-2)13-19(18)23/h7-13H,3-6,14H2,1-2H3,(H,24,26). The molecule has 0 aromatic heterocycles. The lowest BCUT2D eigenvalue weighted by molar-refractivity contribution is -0.116. The second-order valence-corrected chi connectivity index (χ2v) is 6.43. The van der Waals surface area contributed by atoms with Gasteiger partial charge >= 0.3 is 5.97 Å². The molecular weight excluding hydrogens is 377 g/mol. The SMILES string of the molecule is CCCCCC(=O)Nc1ccc(C(=O)COC(=O)c2ccc(OC)cc2F)cc1. The number of halogens is 1. The van der Waals surface area contributed by atoms with Crippen molar-refractivity contribution in [2.45, 2.75) is 32.6 Å². The third-order valence-corrected chi connectivity index (χ3v) is 4.23. The van der Waals surface area contributed by atoms with Crippen molar-refractivity contribution in [3.05, 3.63) is 59.4 Å². The average molecular weight is 401 g/mol. The highest BCUT2D eigenvalue weighted by molar-refractivity contribution is 6.00. The highest BCUT2D eigenvalue weighted by Crippen LogP contribution is 2.17. The van der Waals surface area contributed by atoms with Gasteiger partial charge in [-0.2, -0.15) is 0 Å². The summed E-state index contributed by atoms with van der Waals surface area (Å²) in [5.41, 5.74) is 0.622. The fourth-order valence-corrected chi connectivity index (χ4v) is 2.58. The van der Waals surface area contributed by atoms with Gasteiger partial charge in [-0.3, -0.25) is 9.59 Å². The van der Waals surface area contributed by atoms with Gasteiger partial charge < -0.3 is 14.8 Å². The van der Waals surface area contributed by atoms with Gasteiger partial charge in [0.15, 0.2) is 12.4 Å². The van der Waals surface area contributed by atoms with E-state index in [1.807, 2.05) is 0 Å². The van der Waals surface area contributed by atoms with E-state index in [2.05, 4.69) is 12.2 Å². The minimum atomic E-state index is -0.936. The van der Waals surface area contributed by atoms with Gasteiger partial charge in [-0.15, -0.1) is 0 Å². The number of esters is 1. The normalized spacial score (nSPS) is 10.3. The number of anilines is 1. The van der Waals surface area contributed by atoms with Crippen LogP contribution in [0.25, 0.3) is 0 Å². The van der Waals surface area contributed by atoms with Crippen molar-refractivity contribution in [1.29, 1.82) is 0 Å². The van der Waals surface area contributed by atoms with E-state index >= 15 is 0 Å². The van der Waals surface area contributed by atoms with Gasteiger partial charge in [0.05, 0.1) is 12.7 Å². The van der Waals surface area contributed by atoms with Crippen molar-refractivity contribution in [1.82, 2.24) is 0 Å². The Morgan fingerprint density at radius 1 is 1.03 bits per heavy atom. The number of ether oxygens (including phenoxy) is 2. The lowest BCUT2D eigenvalue weighted by Crippen LogP contribution is -2.15. The molecule has 1 amide bonds. The number of benzene rings is 2. The molecule has 1 N–H and O–H groups in total. The molecule has 0 atom stereocenters. The molecule has 0 bridgehead atoms. The van der Waals surface area contributed by atoms with Gasteiger partial charge in [0, 0.05) is 23.7 Å². The fraction of sp³-hybridized carbons (Fsp3) is 0.318. The highest BCUT2D eigenvalue weighted by Gasteiger charge is 2.16. The number of amides is 1. The smallest absolute Gasteiger partial charge is 0.341 e. The summed E-state index contributed by atoms with van der Waals surface area (Å²) < 4.78 is 23.7. The van der Waals surface area contributed by atoms with Crippen LogP contribution in [-0.2, 0) is 9.53 Å². The fourth-order valence-electron chi connectivity index (χ4n) is 2.58. The van der Waals surface area contributed by atoms with Crippen molar-refractivity contribution >= 4 is 23.3 Å². The van der Waals surface area contributed by atoms with Crippen LogP contribution >= 0.6 is 0 Å². The third-order valence-electron chi connectivity index (χ3n) is 4.23. The van der Waals surface area contributed by atoms with E-state index in [0.717, 1.165) is 25.3 Å². The second kappa shape index (κ2) is 10.9. The monoisotopic (exact) mass is 401 g/mol. The number of Topliss-reactive ketones (excluding diaryl/α,β-unsaturated/α-hetero) is 1. The predicted octanol–water partition coefficient (Wildman–Crippen LogP) is 4.39. The van der Waals surface area contributed by atoms with Gasteiger partial charge in [0.1, 0.15) is 11.6 Å². The first kappa shape index (κ1) is 22.1. The topological polar surface area (TPSA) is 81.7 Å². The van der Waals surface area contributed by atoms with E-state index in [1.165, 1.54) is 31.4 Å². The molecule has 0 aliphatic heterocycles. The Hall–Kier alpha value is -3.22. The van der Waals surface area contributed by atoms with Crippen LogP contribution in [0.5, 0.6) is 5.75 Å². The van der Waals surface area contributed by atoms with E-state index in [1.54, 1.807) is 12.1 Å². The molecule has 0 saturated heterocycles. The molecule has 2 rings (SSSR count). The molecule has 0 aliphatic carbocycles. The van der Waals surface area contributed by atoms with Crippen LogP contribution in [0.1, 0.15) is 53.3 Å². The maximum atomic E-state index is 13.9. The molecule has 154 valence electrons. The Morgan fingerprint density at radius 3 is 2.38 bits per heavy atom. The largest absolute Gasteiger partial charge is 0.497 e. The van der Waals surface area contributed by atoms with E-state index in [4.69, 9.17) is 9.47 Å². The van der Waals surface area contributed by atoms with Crippen LogP contribution in [0.4, 0.5) is 10.1 Å². The number of rotatable bonds is 10. The van der Waals surface area contributed by atoms with Gasteiger partial charge in [-0.05, 0) is 42.8 Å². The van der Waals surface area contributed by atoms with Crippen LogP contribution in [0.2, 0.25) is 0 Å². The summed E-state index contributed by atoms with van der Waals surface area (Å²) in [5, 5.41) is 2.77. The maximum Gasteiger partial charge on any atom is 0.341 e. The minimum absolute atomic E-state index is 0.0759. The van der Waals surface area contributed by atoms with Gasteiger partial charge in [0.25, 0.3) is 0 Å². The molecule has 0 fully saturated rings. The number of ketones is 1. The number of methoxy groups -OCH3 is 1. The molecule has 0 saturated carbocycles. The molecule has 6 nitrogen and oxygen atoms in total. The highest BCUT2D eigenvalue weighted by atomic mass is 19.1.